The summed E-state index contributed by atoms with van der Waals surface area (Å²) in [5.41, 5.74) is 5.45. The van der Waals surface area contributed by atoms with Crippen molar-refractivity contribution in [2.75, 3.05) is 0 Å². The van der Waals surface area contributed by atoms with E-state index in [2.05, 4.69) is 0 Å². The molecule has 0 aliphatic rings. The molecule has 0 heterocycles. The van der Waals surface area contributed by atoms with Crippen molar-refractivity contribution in [3.05, 3.63) is 38.4 Å². The summed E-state index contributed by atoms with van der Waals surface area (Å²) in [4.78, 5) is 9.90. The SMILES string of the molecule is N#Cc1cc(Cl)c(CN)cc1[N+](=O)[O-]. The van der Waals surface area contributed by atoms with E-state index in [4.69, 9.17) is 22.6 Å². The van der Waals surface area contributed by atoms with Crippen molar-refractivity contribution < 1.29 is 4.92 Å². The molecule has 0 saturated heterocycles. The van der Waals surface area contributed by atoms with E-state index in [1.54, 1.807) is 6.07 Å². The summed E-state index contributed by atoms with van der Waals surface area (Å²) in [7, 11) is 0. The van der Waals surface area contributed by atoms with E-state index >= 15 is 0 Å². The lowest BCUT2D eigenvalue weighted by Gasteiger charge is -2.01. The van der Waals surface area contributed by atoms with Crippen LogP contribution >= 0.6 is 11.6 Å². The quantitative estimate of drug-likeness (QED) is 0.594. The predicted molar refractivity (Wildman–Crippen MR) is 50.7 cm³/mol. The van der Waals surface area contributed by atoms with Crippen molar-refractivity contribution in [2.45, 2.75) is 6.54 Å². The van der Waals surface area contributed by atoms with Crippen LogP contribution in [0.25, 0.3) is 0 Å². The Morgan fingerprint density at radius 3 is 2.71 bits per heavy atom. The fraction of sp³-hybridized carbons (Fsp3) is 0.125. The number of benzene rings is 1. The molecule has 0 unspecified atom stereocenters. The topological polar surface area (TPSA) is 93.0 Å². The number of nitro benzene ring substituents is 1. The molecule has 1 rings (SSSR count). The van der Waals surface area contributed by atoms with Crippen LogP contribution in [0.4, 0.5) is 5.69 Å². The zero-order valence-electron chi connectivity index (χ0n) is 7.03. The number of rotatable bonds is 2. The highest BCUT2D eigenvalue weighted by Crippen LogP contribution is 2.25. The van der Waals surface area contributed by atoms with E-state index in [-0.39, 0.29) is 22.8 Å². The average molecular weight is 212 g/mol. The largest absolute Gasteiger partial charge is 0.326 e. The molecular formula is C8H6ClN3O2. The molecular weight excluding hydrogens is 206 g/mol. The summed E-state index contributed by atoms with van der Waals surface area (Å²) in [6, 6.07) is 4.18. The lowest BCUT2D eigenvalue weighted by atomic mass is 10.1. The Labute approximate surface area is 84.8 Å². The number of nitrogens with two attached hydrogens (primary N) is 1. The fourth-order valence-corrected chi connectivity index (χ4v) is 1.24. The first-order valence-corrected chi connectivity index (χ1v) is 4.05. The van der Waals surface area contributed by atoms with Crippen LogP contribution in [0.3, 0.4) is 0 Å². The Morgan fingerprint density at radius 2 is 2.29 bits per heavy atom. The van der Waals surface area contributed by atoms with Gasteiger partial charge in [-0.05, 0) is 11.6 Å². The molecule has 0 spiro atoms. The summed E-state index contributed by atoms with van der Waals surface area (Å²) in [5, 5.41) is 19.4. The number of nitrogens with zero attached hydrogens (tertiary/aromatic N) is 2. The van der Waals surface area contributed by atoms with Gasteiger partial charge in [0.25, 0.3) is 5.69 Å². The summed E-state index contributed by atoms with van der Waals surface area (Å²) >= 11 is 5.73. The molecule has 72 valence electrons. The predicted octanol–water partition coefficient (Wildman–Crippen LogP) is 1.58. The van der Waals surface area contributed by atoms with Crippen LogP contribution in [-0.2, 0) is 6.54 Å². The molecule has 2 N–H and O–H groups in total. The second-order valence-corrected chi connectivity index (χ2v) is 2.94. The molecule has 0 aliphatic heterocycles. The third-order valence-electron chi connectivity index (χ3n) is 1.70. The van der Waals surface area contributed by atoms with Crippen LogP contribution in [0.1, 0.15) is 11.1 Å². The van der Waals surface area contributed by atoms with Gasteiger partial charge in [0, 0.05) is 17.6 Å². The first-order chi connectivity index (χ1) is 6.60. The Bertz CT molecular complexity index is 425. The molecule has 6 heteroatoms. The van der Waals surface area contributed by atoms with Gasteiger partial charge in [-0.3, -0.25) is 10.1 Å². The van der Waals surface area contributed by atoms with Gasteiger partial charge in [-0.25, -0.2) is 0 Å². The van der Waals surface area contributed by atoms with E-state index in [1.807, 2.05) is 0 Å². The van der Waals surface area contributed by atoms with E-state index in [0.29, 0.717) is 5.56 Å². The maximum atomic E-state index is 10.5. The second kappa shape index (κ2) is 4.05. The van der Waals surface area contributed by atoms with Gasteiger partial charge < -0.3 is 5.73 Å². The lowest BCUT2D eigenvalue weighted by Crippen LogP contribution is -2.00. The molecule has 5 nitrogen and oxygen atoms in total. The number of hydrogen-bond acceptors (Lipinski definition) is 4. The zero-order chi connectivity index (χ0) is 10.7. The van der Waals surface area contributed by atoms with Gasteiger partial charge >= 0.3 is 0 Å². The van der Waals surface area contributed by atoms with Crippen LogP contribution in [0.15, 0.2) is 12.1 Å². The smallest absolute Gasteiger partial charge is 0.287 e. The maximum absolute atomic E-state index is 10.5. The maximum Gasteiger partial charge on any atom is 0.287 e. The molecule has 0 amide bonds. The summed E-state index contributed by atoms with van der Waals surface area (Å²) in [6.45, 7) is 0.103. The highest BCUT2D eigenvalue weighted by atomic mass is 35.5. The Kier molecular flexibility index (Phi) is 3.02. The Balaban J connectivity index is 3.42. The van der Waals surface area contributed by atoms with Gasteiger partial charge in [0.2, 0.25) is 0 Å². The van der Waals surface area contributed by atoms with Crippen molar-refractivity contribution in [1.82, 2.24) is 0 Å². The molecule has 0 aromatic heterocycles. The third kappa shape index (κ3) is 1.82. The molecule has 0 aliphatic carbocycles. The monoisotopic (exact) mass is 211 g/mol. The van der Waals surface area contributed by atoms with E-state index in [0.717, 1.165) is 0 Å². The van der Waals surface area contributed by atoms with Crippen molar-refractivity contribution in [1.29, 1.82) is 5.26 Å². The molecule has 0 saturated carbocycles. The normalized spacial score (nSPS) is 9.50. The molecule has 1 aromatic rings. The molecule has 0 fully saturated rings. The molecule has 0 radical (unpaired) electrons. The summed E-state index contributed by atoms with van der Waals surface area (Å²) < 4.78 is 0. The van der Waals surface area contributed by atoms with Crippen LogP contribution in [0.2, 0.25) is 5.02 Å². The highest BCUT2D eigenvalue weighted by molar-refractivity contribution is 6.31. The molecule has 1 aromatic carbocycles. The standard InChI is InChI=1S/C8H6ClN3O2/c9-7-1-6(4-11)8(12(13)14)2-5(7)3-10/h1-2H,3,10H2. The van der Waals surface area contributed by atoms with Crippen molar-refractivity contribution in [3.63, 3.8) is 0 Å². The number of hydrogen-bond donors (Lipinski definition) is 1. The van der Waals surface area contributed by atoms with Crippen molar-refractivity contribution in [2.24, 2.45) is 5.73 Å². The first kappa shape index (κ1) is 10.4. The molecule has 0 bridgehead atoms. The van der Waals surface area contributed by atoms with Gasteiger partial charge in [0.1, 0.15) is 11.6 Å². The van der Waals surface area contributed by atoms with Gasteiger partial charge in [0.15, 0.2) is 0 Å². The van der Waals surface area contributed by atoms with Gasteiger partial charge in [-0.1, -0.05) is 11.6 Å². The van der Waals surface area contributed by atoms with Gasteiger partial charge in [0.05, 0.1) is 4.92 Å². The number of nitriles is 1. The Hall–Kier alpha value is -1.64. The zero-order valence-corrected chi connectivity index (χ0v) is 7.78. The van der Waals surface area contributed by atoms with Gasteiger partial charge in [-0.2, -0.15) is 5.26 Å². The van der Waals surface area contributed by atoms with Crippen LogP contribution in [0, 0.1) is 21.4 Å². The van der Waals surface area contributed by atoms with Crippen LogP contribution < -0.4 is 5.73 Å². The van der Waals surface area contributed by atoms with Crippen molar-refractivity contribution in [3.8, 4) is 6.07 Å². The number of nitro groups is 1. The third-order valence-corrected chi connectivity index (χ3v) is 2.05. The molecule has 0 atom stereocenters. The minimum atomic E-state index is -0.631. The van der Waals surface area contributed by atoms with E-state index in [1.165, 1.54) is 12.1 Å². The van der Waals surface area contributed by atoms with Gasteiger partial charge in [-0.15, -0.1) is 0 Å². The minimum Gasteiger partial charge on any atom is -0.326 e. The average Bonchev–Trinajstić information content (AvgIpc) is 2.16. The highest BCUT2D eigenvalue weighted by Gasteiger charge is 2.16. The van der Waals surface area contributed by atoms with Crippen LogP contribution in [0.5, 0.6) is 0 Å². The van der Waals surface area contributed by atoms with Crippen LogP contribution in [-0.4, -0.2) is 4.92 Å². The van der Waals surface area contributed by atoms with Crippen molar-refractivity contribution >= 4 is 17.3 Å². The summed E-state index contributed by atoms with van der Waals surface area (Å²) in [5.74, 6) is 0. The Morgan fingerprint density at radius 1 is 1.64 bits per heavy atom. The molecule has 14 heavy (non-hydrogen) atoms. The van der Waals surface area contributed by atoms with E-state index in [9.17, 15) is 10.1 Å². The minimum absolute atomic E-state index is 0.0581. The lowest BCUT2D eigenvalue weighted by molar-refractivity contribution is -0.385. The summed E-state index contributed by atoms with van der Waals surface area (Å²) in [6.07, 6.45) is 0. The fourth-order valence-electron chi connectivity index (χ4n) is 1.00. The second-order valence-electron chi connectivity index (χ2n) is 2.53. The van der Waals surface area contributed by atoms with E-state index < -0.39 is 4.92 Å². The number of halogens is 1. The first-order valence-electron chi connectivity index (χ1n) is 3.67.